The predicted molar refractivity (Wildman–Crippen MR) is 92.7 cm³/mol. The summed E-state index contributed by atoms with van der Waals surface area (Å²) >= 11 is 0. The van der Waals surface area contributed by atoms with Gasteiger partial charge in [-0.15, -0.1) is 0 Å². The van der Waals surface area contributed by atoms with E-state index in [-0.39, 0.29) is 5.91 Å². The second-order valence-corrected chi connectivity index (χ2v) is 6.41. The molecule has 1 saturated heterocycles. The first kappa shape index (κ1) is 14.9. The van der Waals surface area contributed by atoms with Crippen molar-refractivity contribution in [1.29, 1.82) is 0 Å². The normalized spacial score (nSPS) is 15.8. The highest BCUT2D eigenvalue weighted by Gasteiger charge is 2.24. The maximum atomic E-state index is 12.4. The van der Waals surface area contributed by atoms with Crippen molar-refractivity contribution in [3.8, 4) is 0 Å². The molecule has 0 atom stereocenters. The van der Waals surface area contributed by atoms with Gasteiger partial charge in [0, 0.05) is 37.1 Å². The Morgan fingerprint density at radius 3 is 2.88 bits per heavy atom. The highest BCUT2D eigenvalue weighted by molar-refractivity contribution is 5.92. The van der Waals surface area contributed by atoms with Crippen LogP contribution in [0.3, 0.4) is 0 Å². The van der Waals surface area contributed by atoms with Gasteiger partial charge < -0.3 is 9.88 Å². The summed E-state index contributed by atoms with van der Waals surface area (Å²) in [5, 5.41) is 1.16. The molecule has 5 heteroatoms. The number of amides is 1. The molecule has 3 aromatic heterocycles. The number of likely N-dealkylation sites (tertiary alicyclic amines) is 1. The second kappa shape index (κ2) is 6.43. The fraction of sp³-hybridized carbons (Fsp3) is 0.316. The van der Waals surface area contributed by atoms with Gasteiger partial charge in [0.15, 0.2) is 0 Å². The lowest BCUT2D eigenvalue weighted by Gasteiger charge is -2.31. The van der Waals surface area contributed by atoms with Crippen LogP contribution in [0.2, 0.25) is 0 Å². The molecule has 3 aromatic rings. The standard InChI is InChI=1S/C19H20N4O/c24-19(17-3-1-2-7-20-17)23-9-5-14(6-10-23)11-15-12-16-4-8-21-18(16)22-13-15/h1-4,7-8,12-14H,5-6,9-11H2,(H,21,22). The van der Waals surface area contributed by atoms with Crippen LogP contribution in [0.1, 0.15) is 28.9 Å². The number of aromatic amines is 1. The average Bonchev–Trinajstić information content (AvgIpc) is 3.10. The van der Waals surface area contributed by atoms with E-state index in [1.165, 1.54) is 5.56 Å². The van der Waals surface area contributed by atoms with Crippen LogP contribution in [-0.4, -0.2) is 38.8 Å². The van der Waals surface area contributed by atoms with Crippen molar-refractivity contribution in [3.63, 3.8) is 0 Å². The van der Waals surface area contributed by atoms with Gasteiger partial charge in [0.1, 0.15) is 11.3 Å². The van der Waals surface area contributed by atoms with Gasteiger partial charge in [-0.3, -0.25) is 9.78 Å². The lowest BCUT2D eigenvalue weighted by Crippen LogP contribution is -2.39. The van der Waals surface area contributed by atoms with Crippen LogP contribution in [0.15, 0.2) is 48.9 Å². The highest BCUT2D eigenvalue weighted by atomic mass is 16.2. The molecule has 122 valence electrons. The van der Waals surface area contributed by atoms with Gasteiger partial charge in [0.2, 0.25) is 0 Å². The van der Waals surface area contributed by atoms with E-state index in [9.17, 15) is 4.79 Å². The lowest BCUT2D eigenvalue weighted by molar-refractivity contribution is 0.0684. The topological polar surface area (TPSA) is 61.9 Å². The zero-order chi connectivity index (χ0) is 16.4. The van der Waals surface area contributed by atoms with Crippen molar-refractivity contribution in [2.24, 2.45) is 5.92 Å². The summed E-state index contributed by atoms with van der Waals surface area (Å²) in [6.07, 6.45) is 8.64. The Kier molecular flexibility index (Phi) is 3.99. The van der Waals surface area contributed by atoms with Crippen LogP contribution in [0.4, 0.5) is 0 Å². The zero-order valence-electron chi connectivity index (χ0n) is 13.5. The Bertz CT molecular complexity index is 835. The quantitative estimate of drug-likeness (QED) is 0.807. The third kappa shape index (κ3) is 3.02. The van der Waals surface area contributed by atoms with Gasteiger partial charge in [-0.2, -0.15) is 0 Å². The number of H-pyrrole nitrogens is 1. The lowest BCUT2D eigenvalue weighted by atomic mass is 9.90. The molecular formula is C19H20N4O. The molecule has 1 N–H and O–H groups in total. The van der Waals surface area contributed by atoms with Crippen LogP contribution in [0.5, 0.6) is 0 Å². The van der Waals surface area contributed by atoms with Crippen LogP contribution in [-0.2, 0) is 6.42 Å². The molecule has 0 aromatic carbocycles. The van der Waals surface area contributed by atoms with Crippen LogP contribution < -0.4 is 0 Å². The van der Waals surface area contributed by atoms with E-state index in [1.54, 1.807) is 12.3 Å². The number of carbonyl (C=O) groups excluding carboxylic acids is 1. The summed E-state index contributed by atoms with van der Waals surface area (Å²) in [5.41, 5.74) is 2.75. The summed E-state index contributed by atoms with van der Waals surface area (Å²) < 4.78 is 0. The number of hydrogen-bond donors (Lipinski definition) is 1. The summed E-state index contributed by atoms with van der Waals surface area (Å²) in [7, 11) is 0. The summed E-state index contributed by atoms with van der Waals surface area (Å²) in [5.74, 6) is 0.653. The molecule has 1 amide bonds. The Morgan fingerprint density at radius 2 is 2.08 bits per heavy atom. The zero-order valence-corrected chi connectivity index (χ0v) is 13.5. The molecule has 0 unspecified atom stereocenters. The minimum atomic E-state index is 0.0458. The van der Waals surface area contributed by atoms with Crippen molar-refractivity contribution < 1.29 is 4.79 Å². The molecule has 4 heterocycles. The largest absolute Gasteiger partial charge is 0.346 e. The van der Waals surface area contributed by atoms with E-state index in [1.807, 2.05) is 29.4 Å². The Balaban J connectivity index is 1.36. The fourth-order valence-corrected chi connectivity index (χ4v) is 3.42. The van der Waals surface area contributed by atoms with Crippen molar-refractivity contribution >= 4 is 16.9 Å². The number of hydrogen-bond acceptors (Lipinski definition) is 3. The van der Waals surface area contributed by atoms with E-state index in [4.69, 9.17) is 0 Å². The monoisotopic (exact) mass is 320 g/mol. The molecular weight excluding hydrogens is 300 g/mol. The summed E-state index contributed by atoms with van der Waals surface area (Å²) in [6.45, 7) is 1.61. The summed E-state index contributed by atoms with van der Waals surface area (Å²) in [6, 6.07) is 9.74. The molecule has 5 nitrogen and oxygen atoms in total. The molecule has 0 spiro atoms. The minimum absolute atomic E-state index is 0.0458. The third-order valence-electron chi connectivity index (χ3n) is 4.77. The van der Waals surface area contributed by atoms with Crippen LogP contribution >= 0.6 is 0 Å². The van der Waals surface area contributed by atoms with Gasteiger partial charge in [0.05, 0.1) is 0 Å². The van der Waals surface area contributed by atoms with Gasteiger partial charge in [-0.1, -0.05) is 6.07 Å². The third-order valence-corrected chi connectivity index (χ3v) is 4.77. The first-order chi connectivity index (χ1) is 11.8. The van der Waals surface area contributed by atoms with Crippen LogP contribution in [0, 0.1) is 5.92 Å². The molecule has 0 saturated carbocycles. The van der Waals surface area contributed by atoms with Gasteiger partial charge in [-0.05, 0) is 55.0 Å². The summed E-state index contributed by atoms with van der Waals surface area (Å²) in [4.78, 5) is 26.1. The van der Waals surface area contributed by atoms with E-state index < -0.39 is 0 Å². The number of pyridine rings is 2. The van der Waals surface area contributed by atoms with E-state index in [2.05, 4.69) is 27.1 Å². The number of carbonyl (C=O) groups is 1. The van der Waals surface area contributed by atoms with Crippen molar-refractivity contribution in [2.45, 2.75) is 19.3 Å². The van der Waals surface area contributed by atoms with E-state index in [0.717, 1.165) is 43.4 Å². The van der Waals surface area contributed by atoms with E-state index in [0.29, 0.717) is 11.6 Å². The van der Waals surface area contributed by atoms with Crippen molar-refractivity contribution in [1.82, 2.24) is 19.9 Å². The number of rotatable bonds is 3. The van der Waals surface area contributed by atoms with Crippen LogP contribution in [0.25, 0.3) is 11.0 Å². The van der Waals surface area contributed by atoms with Gasteiger partial charge in [0.25, 0.3) is 5.91 Å². The van der Waals surface area contributed by atoms with Crippen molar-refractivity contribution in [3.05, 3.63) is 60.2 Å². The van der Waals surface area contributed by atoms with Gasteiger partial charge >= 0.3 is 0 Å². The maximum absolute atomic E-state index is 12.4. The Hall–Kier alpha value is -2.69. The predicted octanol–water partition coefficient (Wildman–Crippen LogP) is 3.05. The molecule has 1 aliphatic rings. The number of aromatic nitrogens is 3. The Labute approximate surface area is 140 Å². The molecule has 1 fully saturated rings. The Morgan fingerprint density at radius 1 is 1.21 bits per heavy atom. The molecule has 0 bridgehead atoms. The molecule has 0 aliphatic carbocycles. The molecule has 1 aliphatic heterocycles. The average molecular weight is 320 g/mol. The smallest absolute Gasteiger partial charge is 0.272 e. The SMILES string of the molecule is O=C(c1ccccn1)N1CCC(Cc2cnc3[nH]ccc3c2)CC1. The fourth-order valence-electron chi connectivity index (χ4n) is 3.42. The van der Waals surface area contributed by atoms with Gasteiger partial charge in [-0.25, -0.2) is 4.98 Å². The first-order valence-corrected chi connectivity index (χ1v) is 8.42. The first-order valence-electron chi connectivity index (χ1n) is 8.42. The maximum Gasteiger partial charge on any atom is 0.272 e. The van der Waals surface area contributed by atoms with Crippen molar-refractivity contribution in [2.75, 3.05) is 13.1 Å². The van der Waals surface area contributed by atoms with E-state index >= 15 is 0 Å². The highest BCUT2D eigenvalue weighted by Crippen LogP contribution is 2.23. The number of fused-ring (bicyclic) bond motifs is 1. The minimum Gasteiger partial charge on any atom is -0.346 e. The molecule has 24 heavy (non-hydrogen) atoms. The second-order valence-electron chi connectivity index (χ2n) is 6.41. The number of piperidine rings is 1. The molecule has 0 radical (unpaired) electrons. The number of nitrogens with zero attached hydrogens (tertiary/aromatic N) is 3. The molecule has 4 rings (SSSR count). The number of nitrogens with one attached hydrogen (secondary N) is 1.